The lowest BCUT2D eigenvalue weighted by Gasteiger charge is -2.07. The molecule has 2 N–H and O–H groups in total. The number of sulfonamides is 1. The molecule has 2 aromatic carbocycles. The van der Waals surface area contributed by atoms with Gasteiger partial charge in [0.1, 0.15) is 17.4 Å². The molecule has 0 heterocycles. The first-order chi connectivity index (χ1) is 10.4. The Morgan fingerprint density at radius 1 is 1.09 bits per heavy atom. The van der Waals surface area contributed by atoms with E-state index >= 15 is 0 Å². The van der Waals surface area contributed by atoms with Crippen LogP contribution in [0.2, 0.25) is 0 Å². The van der Waals surface area contributed by atoms with Gasteiger partial charge in [-0.2, -0.15) is 0 Å². The smallest absolute Gasteiger partial charge is 0.238 e. The summed E-state index contributed by atoms with van der Waals surface area (Å²) in [4.78, 5) is 0.345. The number of ether oxygens (including phenoxy) is 1. The van der Waals surface area contributed by atoms with Crippen LogP contribution in [0.3, 0.4) is 0 Å². The van der Waals surface area contributed by atoms with Crippen molar-refractivity contribution in [3.63, 3.8) is 0 Å². The van der Waals surface area contributed by atoms with Crippen molar-refractivity contribution in [2.75, 3.05) is 12.4 Å². The highest BCUT2D eigenvalue weighted by molar-refractivity contribution is 7.99. The van der Waals surface area contributed by atoms with Gasteiger partial charge >= 0.3 is 0 Å². The van der Waals surface area contributed by atoms with E-state index in [2.05, 4.69) is 0 Å². The highest BCUT2D eigenvalue weighted by Crippen LogP contribution is 2.22. The second-order valence-corrected chi connectivity index (χ2v) is 6.99. The first-order valence-corrected chi connectivity index (χ1v) is 8.73. The van der Waals surface area contributed by atoms with Gasteiger partial charge in [-0.15, -0.1) is 11.8 Å². The zero-order chi connectivity index (χ0) is 16.2. The van der Waals surface area contributed by atoms with Gasteiger partial charge in [-0.05, 0) is 36.4 Å². The van der Waals surface area contributed by atoms with E-state index in [0.717, 1.165) is 6.07 Å². The van der Waals surface area contributed by atoms with E-state index in [9.17, 15) is 17.2 Å². The van der Waals surface area contributed by atoms with Gasteiger partial charge in [-0.25, -0.2) is 22.3 Å². The second kappa shape index (κ2) is 7.08. The average Bonchev–Trinajstić information content (AvgIpc) is 2.45. The number of thioether (sulfide) groups is 1. The Morgan fingerprint density at radius 2 is 1.77 bits per heavy atom. The van der Waals surface area contributed by atoms with Crippen molar-refractivity contribution in [3.8, 4) is 5.75 Å². The minimum atomic E-state index is -3.72. The highest BCUT2D eigenvalue weighted by atomic mass is 32.2. The number of primary sulfonamides is 1. The maximum absolute atomic E-state index is 13.4. The van der Waals surface area contributed by atoms with Crippen LogP contribution in [0.25, 0.3) is 0 Å². The Balaban J connectivity index is 1.84. The number of nitrogens with two attached hydrogens (primary N) is 1. The van der Waals surface area contributed by atoms with E-state index in [0.29, 0.717) is 16.4 Å². The number of rotatable bonds is 6. The molecule has 0 amide bonds. The molecule has 0 spiro atoms. The van der Waals surface area contributed by atoms with Crippen LogP contribution < -0.4 is 9.88 Å². The summed E-state index contributed by atoms with van der Waals surface area (Å²) in [6.45, 7) is 0.288. The average molecular weight is 345 g/mol. The standard InChI is InChI=1S/C14H13F2NO3S2/c15-10-1-6-14(13(16)9-10)21-8-7-20-11-2-4-12(5-3-11)22(17,18)19/h1-6,9H,7-8H2,(H2,17,18,19). The fourth-order valence-corrected chi connectivity index (χ4v) is 2.89. The lowest BCUT2D eigenvalue weighted by Crippen LogP contribution is -2.11. The van der Waals surface area contributed by atoms with Crippen LogP contribution in [0, 0.1) is 11.6 Å². The lowest BCUT2D eigenvalue weighted by atomic mass is 10.3. The van der Waals surface area contributed by atoms with Gasteiger partial charge in [0.2, 0.25) is 10.0 Å². The van der Waals surface area contributed by atoms with Crippen molar-refractivity contribution in [1.82, 2.24) is 0 Å². The maximum Gasteiger partial charge on any atom is 0.238 e. The molecule has 0 aliphatic carbocycles. The van der Waals surface area contributed by atoms with Gasteiger partial charge in [0.25, 0.3) is 0 Å². The quantitative estimate of drug-likeness (QED) is 0.646. The third-order valence-corrected chi connectivity index (χ3v) is 4.60. The van der Waals surface area contributed by atoms with E-state index in [4.69, 9.17) is 9.88 Å². The molecule has 0 aliphatic rings. The first kappa shape index (κ1) is 16.7. The number of hydrogen-bond acceptors (Lipinski definition) is 4. The summed E-state index contributed by atoms with van der Waals surface area (Å²) in [7, 11) is -3.72. The predicted octanol–water partition coefficient (Wildman–Crippen LogP) is 2.78. The Morgan fingerprint density at radius 3 is 2.36 bits per heavy atom. The Kier molecular flexibility index (Phi) is 5.38. The summed E-state index contributed by atoms with van der Waals surface area (Å²) in [6, 6.07) is 9.06. The molecule has 0 saturated carbocycles. The van der Waals surface area contributed by atoms with Crippen molar-refractivity contribution >= 4 is 21.8 Å². The summed E-state index contributed by atoms with van der Waals surface area (Å²) < 4.78 is 53.7. The maximum atomic E-state index is 13.4. The summed E-state index contributed by atoms with van der Waals surface area (Å²) in [5.41, 5.74) is 0. The van der Waals surface area contributed by atoms with Crippen molar-refractivity contribution in [3.05, 3.63) is 54.1 Å². The monoisotopic (exact) mass is 345 g/mol. The third-order valence-electron chi connectivity index (χ3n) is 2.66. The van der Waals surface area contributed by atoms with Gasteiger partial charge in [-0.3, -0.25) is 0 Å². The van der Waals surface area contributed by atoms with Gasteiger partial charge in [0, 0.05) is 16.7 Å². The van der Waals surface area contributed by atoms with Crippen molar-refractivity contribution in [1.29, 1.82) is 0 Å². The zero-order valence-corrected chi connectivity index (χ0v) is 13.0. The Hall–Kier alpha value is -1.64. The summed E-state index contributed by atoms with van der Waals surface area (Å²) in [5, 5.41) is 4.98. The summed E-state index contributed by atoms with van der Waals surface area (Å²) in [5.74, 6) is -0.289. The summed E-state index contributed by atoms with van der Waals surface area (Å²) in [6.07, 6.45) is 0. The molecule has 0 atom stereocenters. The molecule has 0 fully saturated rings. The molecule has 2 rings (SSSR count). The van der Waals surface area contributed by atoms with Crippen LogP contribution in [-0.2, 0) is 10.0 Å². The molecule has 8 heteroatoms. The van der Waals surface area contributed by atoms with Gasteiger partial charge < -0.3 is 4.74 Å². The third kappa shape index (κ3) is 4.69. The lowest BCUT2D eigenvalue weighted by molar-refractivity contribution is 0.343. The molecule has 2 aromatic rings. The number of benzene rings is 2. The highest BCUT2D eigenvalue weighted by Gasteiger charge is 2.07. The normalized spacial score (nSPS) is 11.4. The van der Waals surface area contributed by atoms with E-state index < -0.39 is 21.7 Å². The Labute approximate surface area is 131 Å². The van der Waals surface area contributed by atoms with E-state index in [-0.39, 0.29) is 11.5 Å². The fourth-order valence-electron chi connectivity index (χ4n) is 1.63. The fraction of sp³-hybridized carbons (Fsp3) is 0.143. The number of hydrogen-bond donors (Lipinski definition) is 1. The SMILES string of the molecule is NS(=O)(=O)c1ccc(OCCSc2ccc(F)cc2F)cc1. The van der Waals surface area contributed by atoms with Gasteiger partial charge in [0.05, 0.1) is 11.5 Å². The van der Waals surface area contributed by atoms with Crippen molar-refractivity contribution in [2.24, 2.45) is 5.14 Å². The Bertz CT molecular complexity index is 749. The van der Waals surface area contributed by atoms with Crippen LogP contribution in [-0.4, -0.2) is 20.8 Å². The minimum absolute atomic E-state index is 0.00242. The van der Waals surface area contributed by atoms with E-state index in [1.165, 1.54) is 48.2 Å². The second-order valence-electron chi connectivity index (χ2n) is 4.29. The van der Waals surface area contributed by atoms with Crippen molar-refractivity contribution < 1.29 is 21.9 Å². The van der Waals surface area contributed by atoms with E-state index in [1.54, 1.807) is 0 Å². The molecule has 118 valence electrons. The van der Waals surface area contributed by atoms with Crippen LogP contribution in [0.15, 0.2) is 52.3 Å². The molecule has 22 heavy (non-hydrogen) atoms. The summed E-state index contributed by atoms with van der Waals surface area (Å²) >= 11 is 1.20. The molecule has 4 nitrogen and oxygen atoms in total. The largest absolute Gasteiger partial charge is 0.493 e. The van der Waals surface area contributed by atoms with Crippen LogP contribution >= 0.6 is 11.8 Å². The molecule has 0 radical (unpaired) electrons. The predicted molar refractivity (Wildman–Crippen MR) is 80.4 cm³/mol. The van der Waals surface area contributed by atoms with Crippen LogP contribution in [0.1, 0.15) is 0 Å². The molecule has 0 aliphatic heterocycles. The zero-order valence-electron chi connectivity index (χ0n) is 11.3. The molecule has 0 unspecified atom stereocenters. The van der Waals surface area contributed by atoms with Gasteiger partial charge in [0.15, 0.2) is 0 Å². The van der Waals surface area contributed by atoms with Gasteiger partial charge in [-0.1, -0.05) is 0 Å². The van der Waals surface area contributed by atoms with E-state index in [1.807, 2.05) is 0 Å². The first-order valence-electron chi connectivity index (χ1n) is 6.20. The van der Waals surface area contributed by atoms with Crippen molar-refractivity contribution in [2.45, 2.75) is 9.79 Å². The molecular weight excluding hydrogens is 332 g/mol. The molecule has 0 aromatic heterocycles. The molecular formula is C14H13F2NO3S2. The molecule has 0 bridgehead atoms. The van der Waals surface area contributed by atoms with Crippen LogP contribution in [0.4, 0.5) is 8.78 Å². The topological polar surface area (TPSA) is 69.4 Å². The minimum Gasteiger partial charge on any atom is -0.493 e. The number of halogens is 2. The van der Waals surface area contributed by atoms with Crippen LogP contribution in [0.5, 0.6) is 5.75 Å². The molecule has 0 saturated heterocycles.